The lowest BCUT2D eigenvalue weighted by Crippen LogP contribution is -2.19. The highest BCUT2D eigenvalue weighted by atomic mass is 16.5. The maximum Gasteiger partial charge on any atom is 0.119 e. The van der Waals surface area contributed by atoms with E-state index in [4.69, 9.17) is 9.72 Å². The molecule has 0 saturated carbocycles. The lowest BCUT2D eigenvalue weighted by molar-refractivity contribution is 0.300. The van der Waals surface area contributed by atoms with E-state index in [0.717, 1.165) is 30.1 Å². The van der Waals surface area contributed by atoms with Crippen molar-refractivity contribution in [2.24, 2.45) is 0 Å². The fourth-order valence-corrected chi connectivity index (χ4v) is 2.92. The molecule has 24 heavy (non-hydrogen) atoms. The zero-order chi connectivity index (χ0) is 17.2. The van der Waals surface area contributed by atoms with Crippen LogP contribution in [-0.4, -0.2) is 16.2 Å². The van der Waals surface area contributed by atoms with Crippen LogP contribution in [0.3, 0.4) is 0 Å². The number of aryl methyl sites for hydroxylation is 2. The van der Waals surface area contributed by atoms with Gasteiger partial charge in [-0.1, -0.05) is 50.6 Å². The minimum absolute atomic E-state index is 0.0246. The van der Waals surface area contributed by atoms with Crippen LogP contribution in [0, 0.1) is 6.92 Å². The molecule has 0 spiro atoms. The van der Waals surface area contributed by atoms with E-state index in [0.29, 0.717) is 6.61 Å². The van der Waals surface area contributed by atoms with Gasteiger partial charge < -0.3 is 9.30 Å². The Hall–Kier alpha value is -2.29. The van der Waals surface area contributed by atoms with Crippen LogP contribution in [0.5, 0.6) is 5.75 Å². The van der Waals surface area contributed by atoms with E-state index in [-0.39, 0.29) is 5.41 Å². The third kappa shape index (κ3) is 3.61. The molecule has 3 heteroatoms. The predicted octanol–water partition coefficient (Wildman–Crippen LogP) is 5.11. The molecule has 126 valence electrons. The molecule has 1 aromatic heterocycles. The van der Waals surface area contributed by atoms with Gasteiger partial charge in [0.25, 0.3) is 0 Å². The van der Waals surface area contributed by atoms with Crippen LogP contribution < -0.4 is 4.74 Å². The highest BCUT2D eigenvalue weighted by Crippen LogP contribution is 2.26. The molecule has 3 aromatic rings. The van der Waals surface area contributed by atoms with E-state index in [1.54, 1.807) is 0 Å². The van der Waals surface area contributed by atoms with Crippen molar-refractivity contribution in [1.82, 2.24) is 9.55 Å². The number of nitrogens with zero attached hydrogens (tertiary/aromatic N) is 2. The highest BCUT2D eigenvalue weighted by molar-refractivity contribution is 5.76. The second kappa shape index (κ2) is 6.68. The van der Waals surface area contributed by atoms with Crippen molar-refractivity contribution in [3.63, 3.8) is 0 Å². The quantitative estimate of drug-likeness (QED) is 0.610. The normalized spacial score (nSPS) is 11.8. The van der Waals surface area contributed by atoms with E-state index in [1.807, 2.05) is 18.2 Å². The van der Waals surface area contributed by atoms with E-state index in [9.17, 15) is 0 Å². The number of ether oxygens (including phenoxy) is 1. The second-order valence-corrected chi connectivity index (χ2v) is 7.34. The largest absolute Gasteiger partial charge is 0.494 e. The fraction of sp³-hybridized carbons (Fsp3) is 0.381. The second-order valence-electron chi connectivity index (χ2n) is 7.34. The fourth-order valence-electron chi connectivity index (χ4n) is 2.92. The van der Waals surface area contributed by atoms with Gasteiger partial charge >= 0.3 is 0 Å². The standard InChI is InChI=1S/C21H26N2O/c1-16-10-12-17(13-11-16)24-15-7-14-23-19-9-6-5-8-18(19)22-20(23)21(2,3)4/h5-6,8-13H,7,14-15H2,1-4H3. The van der Waals surface area contributed by atoms with Gasteiger partial charge in [0.15, 0.2) is 0 Å². The highest BCUT2D eigenvalue weighted by Gasteiger charge is 2.22. The SMILES string of the molecule is Cc1ccc(OCCCn2c(C(C)(C)C)nc3ccccc32)cc1. The molecule has 1 heterocycles. The first kappa shape index (κ1) is 16.6. The third-order valence-electron chi connectivity index (χ3n) is 4.14. The van der Waals surface area contributed by atoms with Gasteiger partial charge in [-0.05, 0) is 37.6 Å². The summed E-state index contributed by atoms with van der Waals surface area (Å²) < 4.78 is 8.20. The predicted molar refractivity (Wildman–Crippen MR) is 99.7 cm³/mol. The number of hydrogen-bond donors (Lipinski definition) is 0. The Kier molecular flexibility index (Phi) is 4.61. The summed E-state index contributed by atoms with van der Waals surface area (Å²) in [7, 11) is 0. The Morgan fingerprint density at radius 2 is 1.71 bits per heavy atom. The topological polar surface area (TPSA) is 27.1 Å². The minimum atomic E-state index is 0.0246. The van der Waals surface area contributed by atoms with Gasteiger partial charge in [0, 0.05) is 12.0 Å². The van der Waals surface area contributed by atoms with Crippen LogP contribution in [0.2, 0.25) is 0 Å². The van der Waals surface area contributed by atoms with E-state index < -0.39 is 0 Å². The Labute approximate surface area is 144 Å². The van der Waals surface area contributed by atoms with E-state index >= 15 is 0 Å². The molecular formula is C21H26N2O. The summed E-state index contributed by atoms with van der Waals surface area (Å²) in [5.74, 6) is 2.08. The Balaban J connectivity index is 1.71. The zero-order valence-electron chi connectivity index (χ0n) is 15.0. The molecule has 0 saturated heterocycles. The molecule has 0 radical (unpaired) electrons. The van der Waals surface area contributed by atoms with Gasteiger partial charge in [-0.15, -0.1) is 0 Å². The third-order valence-corrected chi connectivity index (χ3v) is 4.14. The van der Waals surface area contributed by atoms with Crippen molar-refractivity contribution in [2.75, 3.05) is 6.61 Å². The van der Waals surface area contributed by atoms with Crippen molar-refractivity contribution in [2.45, 2.75) is 46.1 Å². The summed E-state index contributed by atoms with van der Waals surface area (Å²) in [5.41, 5.74) is 3.55. The minimum Gasteiger partial charge on any atom is -0.494 e. The summed E-state index contributed by atoms with van der Waals surface area (Å²) in [5, 5.41) is 0. The molecule has 3 rings (SSSR count). The van der Waals surface area contributed by atoms with Gasteiger partial charge in [0.1, 0.15) is 11.6 Å². The summed E-state index contributed by atoms with van der Waals surface area (Å²) >= 11 is 0. The summed E-state index contributed by atoms with van der Waals surface area (Å²) in [6.07, 6.45) is 0.956. The Morgan fingerprint density at radius 1 is 1.00 bits per heavy atom. The van der Waals surface area contributed by atoms with Crippen molar-refractivity contribution in [3.8, 4) is 5.75 Å². The number of imidazole rings is 1. The molecule has 2 aromatic carbocycles. The summed E-state index contributed by atoms with van der Waals surface area (Å²) in [6, 6.07) is 16.6. The lowest BCUT2D eigenvalue weighted by Gasteiger charge is -2.20. The van der Waals surface area contributed by atoms with Gasteiger partial charge in [-0.3, -0.25) is 0 Å². The van der Waals surface area contributed by atoms with Gasteiger partial charge in [0.05, 0.1) is 17.6 Å². The average Bonchev–Trinajstić information content (AvgIpc) is 2.92. The number of para-hydroxylation sites is 2. The van der Waals surface area contributed by atoms with E-state index in [2.05, 4.69) is 62.6 Å². The van der Waals surface area contributed by atoms with Crippen molar-refractivity contribution < 1.29 is 4.74 Å². The summed E-state index contributed by atoms with van der Waals surface area (Å²) in [4.78, 5) is 4.85. The maximum absolute atomic E-state index is 5.86. The maximum atomic E-state index is 5.86. The molecule has 0 unspecified atom stereocenters. The Morgan fingerprint density at radius 3 is 2.42 bits per heavy atom. The van der Waals surface area contributed by atoms with Crippen LogP contribution in [0.4, 0.5) is 0 Å². The molecule has 0 aliphatic carbocycles. The molecule has 0 fully saturated rings. The van der Waals surface area contributed by atoms with Gasteiger partial charge in [-0.2, -0.15) is 0 Å². The van der Waals surface area contributed by atoms with Crippen LogP contribution in [0.25, 0.3) is 11.0 Å². The Bertz CT molecular complexity index is 810. The lowest BCUT2D eigenvalue weighted by atomic mass is 9.95. The van der Waals surface area contributed by atoms with E-state index in [1.165, 1.54) is 11.1 Å². The average molecular weight is 322 g/mol. The molecule has 0 N–H and O–H groups in total. The van der Waals surface area contributed by atoms with Gasteiger partial charge in [-0.25, -0.2) is 4.98 Å². The van der Waals surface area contributed by atoms with Crippen molar-refractivity contribution in [1.29, 1.82) is 0 Å². The van der Waals surface area contributed by atoms with Gasteiger partial charge in [0.2, 0.25) is 0 Å². The summed E-state index contributed by atoms with van der Waals surface area (Å²) in [6.45, 7) is 10.4. The molecule has 3 nitrogen and oxygen atoms in total. The molecule has 0 bridgehead atoms. The molecule has 0 aliphatic rings. The van der Waals surface area contributed by atoms with Crippen LogP contribution in [0.1, 0.15) is 38.6 Å². The monoisotopic (exact) mass is 322 g/mol. The van der Waals surface area contributed by atoms with Crippen LogP contribution >= 0.6 is 0 Å². The van der Waals surface area contributed by atoms with Crippen molar-refractivity contribution >= 4 is 11.0 Å². The first-order valence-electron chi connectivity index (χ1n) is 8.60. The van der Waals surface area contributed by atoms with Crippen LogP contribution in [-0.2, 0) is 12.0 Å². The number of rotatable bonds is 5. The first-order valence-corrected chi connectivity index (χ1v) is 8.60. The smallest absolute Gasteiger partial charge is 0.119 e. The molecular weight excluding hydrogens is 296 g/mol. The molecule has 0 aliphatic heterocycles. The first-order chi connectivity index (χ1) is 11.4. The molecule has 0 amide bonds. The molecule has 0 atom stereocenters. The number of hydrogen-bond acceptors (Lipinski definition) is 2. The zero-order valence-corrected chi connectivity index (χ0v) is 15.0. The number of fused-ring (bicyclic) bond motifs is 1. The number of aromatic nitrogens is 2. The van der Waals surface area contributed by atoms with Crippen LogP contribution in [0.15, 0.2) is 48.5 Å². The number of benzene rings is 2. The van der Waals surface area contributed by atoms with Crippen molar-refractivity contribution in [3.05, 3.63) is 59.9 Å².